The van der Waals surface area contributed by atoms with Gasteiger partial charge in [0.1, 0.15) is 17.5 Å². The highest BCUT2D eigenvalue weighted by Crippen LogP contribution is 2.14. The number of anilines is 1. The van der Waals surface area contributed by atoms with E-state index in [2.05, 4.69) is 5.10 Å². The van der Waals surface area contributed by atoms with Gasteiger partial charge >= 0.3 is 0 Å². The maximum atomic E-state index is 13.0. The van der Waals surface area contributed by atoms with E-state index in [1.165, 1.54) is 0 Å². The summed E-state index contributed by atoms with van der Waals surface area (Å²) < 4.78 is 26.5. The van der Waals surface area contributed by atoms with Crippen LogP contribution in [0.5, 0.6) is 0 Å². The molecule has 0 unspecified atom stereocenters. The van der Waals surface area contributed by atoms with Gasteiger partial charge < -0.3 is 5.73 Å². The van der Waals surface area contributed by atoms with Crippen molar-refractivity contribution in [3.05, 3.63) is 47.2 Å². The standard InChI is InChI=1S/C11H6F2N4O/c12-8-2-1-6(3-9(8)13)11(18)17-10(15)7(4-14)5-16-17/h1-3,5H,15H2. The molecule has 1 aromatic heterocycles. The highest BCUT2D eigenvalue weighted by Gasteiger charge is 2.17. The van der Waals surface area contributed by atoms with Gasteiger partial charge in [0, 0.05) is 5.56 Å². The Labute approximate surface area is 100 Å². The molecule has 2 aromatic rings. The number of nitriles is 1. The molecule has 0 saturated heterocycles. The summed E-state index contributed by atoms with van der Waals surface area (Å²) >= 11 is 0. The number of carbonyl (C=O) groups excluding carboxylic acids is 1. The molecular weight excluding hydrogens is 242 g/mol. The van der Waals surface area contributed by atoms with Crippen LogP contribution in [0.15, 0.2) is 24.4 Å². The zero-order chi connectivity index (χ0) is 13.3. The molecular formula is C11H6F2N4O. The Morgan fingerprint density at radius 2 is 2.11 bits per heavy atom. The van der Waals surface area contributed by atoms with Crippen molar-refractivity contribution >= 4 is 11.7 Å². The molecule has 0 saturated carbocycles. The number of halogens is 2. The molecule has 0 aliphatic carbocycles. The fourth-order valence-electron chi connectivity index (χ4n) is 1.36. The van der Waals surface area contributed by atoms with Crippen LogP contribution in [0.2, 0.25) is 0 Å². The topological polar surface area (TPSA) is 84.7 Å². The van der Waals surface area contributed by atoms with Crippen LogP contribution < -0.4 is 5.73 Å². The Bertz CT molecular complexity index is 672. The third-order valence-electron chi connectivity index (χ3n) is 2.29. The van der Waals surface area contributed by atoms with Crippen LogP contribution in [0.4, 0.5) is 14.6 Å². The monoisotopic (exact) mass is 248 g/mol. The van der Waals surface area contributed by atoms with Crippen LogP contribution >= 0.6 is 0 Å². The number of aromatic nitrogens is 2. The summed E-state index contributed by atoms with van der Waals surface area (Å²) in [7, 11) is 0. The smallest absolute Gasteiger partial charge is 0.280 e. The largest absolute Gasteiger partial charge is 0.382 e. The average molecular weight is 248 g/mol. The Hall–Kier alpha value is -2.75. The van der Waals surface area contributed by atoms with Crippen molar-refractivity contribution in [1.29, 1.82) is 5.26 Å². The summed E-state index contributed by atoms with van der Waals surface area (Å²) in [6, 6.07) is 4.42. The predicted octanol–water partition coefficient (Wildman–Crippen LogP) is 1.30. The molecule has 0 spiro atoms. The minimum atomic E-state index is -1.15. The lowest BCUT2D eigenvalue weighted by molar-refractivity contribution is 0.0947. The molecule has 1 heterocycles. The van der Waals surface area contributed by atoms with Crippen LogP contribution in [0.25, 0.3) is 0 Å². The van der Waals surface area contributed by atoms with E-state index in [0.717, 1.165) is 29.1 Å². The van der Waals surface area contributed by atoms with Crippen LogP contribution in [0.3, 0.4) is 0 Å². The molecule has 0 atom stereocenters. The zero-order valence-electron chi connectivity index (χ0n) is 8.89. The summed E-state index contributed by atoms with van der Waals surface area (Å²) in [5.74, 6) is -3.09. The Morgan fingerprint density at radius 3 is 2.67 bits per heavy atom. The molecule has 7 heteroatoms. The summed E-state index contributed by atoms with van der Waals surface area (Å²) in [6.45, 7) is 0. The summed E-state index contributed by atoms with van der Waals surface area (Å²) in [4.78, 5) is 11.9. The van der Waals surface area contributed by atoms with Crippen molar-refractivity contribution in [2.45, 2.75) is 0 Å². The van der Waals surface area contributed by atoms with Crippen molar-refractivity contribution in [1.82, 2.24) is 9.78 Å². The van der Waals surface area contributed by atoms with Crippen molar-refractivity contribution in [2.24, 2.45) is 0 Å². The van der Waals surface area contributed by atoms with E-state index in [9.17, 15) is 13.6 Å². The van der Waals surface area contributed by atoms with E-state index >= 15 is 0 Å². The van der Waals surface area contributed by atoms with E-state index < -0.39 is 17.5 Å². The van der Waals surface area contributed by atoms with Gasteiger partial charge in [0.15, 0.2) is 11.6 Å². The second kappa shape index (κ2) is 4.25. The lowest BCUT2D eigenvalue weighted by atomic mass is 10.2. The van der Waals surface area contributed by atoms with E-state index in [4.69, 9.17) is 11.0 Å². The van der Waals surface area contributed by atoms with Gasteiger partial charge in [-0.2, -0.15) is 15.0 Å². The van der Waals surface area contributed by atoms with E-state index in [0.29, 0.717) is 0 Å². The number of rotatable bonds is 1. The van der Waals surface area contributed by atoms with Crippen molar-refractivity contribution < 1.29 is 13.6 Å². The Morgan fingerprint density at radius 1 is 1.39 bits per heavy atom. The third-order valence-corrected chi connectivity index (χ3v) is 2.29. The van der Waals surface area contributed by atoms with Gasteiger partial charge in [-0.05, 0) is 18.2 Å². The number of nitrogens with zero attached hydrogens (tertiary/aromatic N) is 3. The van der Waals surface area contributed by atoms with Crippen LogP contribution in [-0.4, -0.2) is 15.7 Å². The SMILES string of the molecule is N#Cc1cnn(C(=O)c2ccc(F)c(F)c2)c1N. The minimum Gasteiger partial charge on any atom is -0.382 e. The molecule has 5 nitrogen and oxygen atoms in total. The van der Waals surface area contributed by atoms with Crippen molar-refractivity contribution in [3.8, 4) is 6.07 Å². The van der Waals surface area contributed by atoms with Crippen LogP contribution in [-0.2, 0) is 0 Å². The molecule has 0 bridgehead atoms. The third kappa shape index (κ3) is 1.80. The van der Waals surface area contributed by atoms with Gasteiger partial charge in [-0.3, -0.25) is 4.79 Å². The normalized spacial score (nSPS) is 10.1. The van der Waals surface area contributed by atoms with Gasteiger partial charge in [0.25, 0.3) is 5.91 Å². The molecule has 90 valence electrons. The molecule has 0 aliphatic rings. The number of hydrogen-bond donors (Lipinski definition) is 1. The first-order valence-electron chi connectivity index (χ1n) is 4.78. The number of benzene rings is 1. The highest BCUT2D eigenvalue weighted by atomic mass is 19.2. The number of nitrogens with two attached hydrogens (primary N) is 1. The first-order chi connectivity index (χ1) is 8.54. The second-order valence-corrected chi connectivity index (χ2v) is 3.40. The molecule has 1 aromatic carbocycles. The summed E-state index contributed by atoms with van der Waals surface area (Å²) in [5.41, 5.74) is 5.43. The maximum absolute atomic E-state index is 13.0. The van der Waals surface area contributed by atoms with Gasteiger partial charge in [-0.25, -0.2) is 8.78 Å². The summed E-state index contributed by atoms with van der Waals surface area (Å²) in [5, 5.41) is 12.3. The van der Waals surface area contributed by atoms with Crippen molar-refractivity contribution in [2.75, 3.05) is 5.73 Å². The van der Waals surface area contributed by atoms with Gasteiger partial charge in [-0.1, -0.05) is 0 Å². The lowest BCUT2D eigenvalue weighted by Crippen LogP contribution is -2.16. The lowest BCUT2D eigenvalue weighted by Gasteiger charge is -2.03. The number of nitrogen functional groups attached to an aromatic ring is 1. The molecule has 0 amide bonds. The van der Waals surface area contributed by atoms with Gasteiger partial charge in [-0.15, -0.1) is 0 Å². The molecule has 2 rings (SSSR count). The number of carbonyl (C=O) groups is 1. The molecule has 18 heavy (non-hydrogen) atoms. The second-order valence-electron chi connectivity index (χ2n) is 3.40. The maximum Gasteiger partial charge on any atom is 0.280 e. The van der Waals surface area contributed by atoms with E-state index in [-0.39, 0.29) is 16.9 Å². The fraction of sp³-hybridized carbons (Fsp3) is 0. The van der Waals surface area contributed by atoms with E-state index in [1.54, 1.807) is 6.07 Å². The van der Waals surface area contributed by atoms with E-state index in [1.807, 2.05) is 0 Å². The molecule has 2 N–H and O–H groups in total. The van der Waals surface area contributed by atoms with Gasteiger partial charge in [0.2, 0.25) is 0 Å². The molecule has 0 fully saturated rings. The Balaban J connectivity index is 2.45. The molecule has 0 radical (unpaired) electrons. The quantitative estimate of drug-likeness (QED) is 0.824. The zero-order valence-corrected chi connectivity index (χ0v) is 8.89. The molecule has 0 aliphatic heterocycles. The van der Waals surface area contributed by atoms with Crippen LogP contribution in [0, 0.1) is 23.0 Å². The van der Waals surface area contributed by atoms with Crippen molar-refractivity contribution in [3.63, 3.8) is 0 Å². The minimum absolute atomic E-state index is 0.0333. The van der Waals surface area contributed by atoms with Crippen LogP contribution in [0.1, 0.15) is 15.9 Å². The predicted molar refractivity (Wildman–Crippen MR) is 57.4 cm³/mol. The summed E-state index contributed by atoms with van der Waals surface area (Å²) in [6.07, 6.45) is 1.12. The highest BCUT2D eigenvalue weighted by molar-refractivity contribution is 5.97. The fourth-order valence-corrected chi connectivity index (χ4v) is 1.36. The average Bonchev–Trinajstić information content (AvgIpc) is 2.73. The Kier molecular flexibility index (Phi) is 2.77. The van der Waals surface area contributed by atoms with Gasteiger partial charge in [0.05, 0.1) is 6.20 Å². The number of hydrogen-bond acceptors (Lipinski definition) is 4. The first-order valence-corrected chi connectivity index (χ1v) is 4.78. The first kappa shape index (κ1) is 11.7.